The quantitative estimate of drug-likeness (QED) is 0.756. The van der Waals surface area contributed by atoms with E-state index in [0.717, 1.165) is 5.56 Å². The molecule has 0 aliphatic carbocycles. The van der Waals surface area contributed by atoms with Crippen molar-refractivity contribution in [2.24, 2.45) is 0 Å². The van der Waals surface area contributed by atoms with Crippen LogP contribution >= 0.6 is 0 Å². The molecule has 0 aliphatic heterocycles. The SMILES string of the molecule is CCOC(=O)N[C@@H](Cc1ccccc1)[C@H](O)C(=O)OC. The van der Waals surface area contributed by atoms with Crippen molar-refractivity contribution in [2.75, 3.05) is 13.7 Å². The zero-order valence-electron chi connectivity index (χ0n) is 11.5. The highest BCUT2D eigenvalue weighted by Gasteiger charge is 2.29. The number of methoxy groups -OCH3 is 1. The van der Waals surface area contributed by atoms with Gasteiger partial charge in [-0.05, 0) is 18.9 Å². The molecule has 1 amide bonds. The lowest BCUT2D eigenvalue weighted by atomic mass is 10.0. The first-order chi connectivity index (χ1) is 9.58. The Labute approximate surface area is 117 Å². The molecule has 2 N–H and O–H groups in total. The van der Waals surface area contributed by atoms with Crippen molar-refractivity contribution < 1.29 is 24.2 Å². The normalized spacial score (nSPS) is 13.2. The van der Waals surface area contributed by atoms with Gasteiger partial charge in [-0.1, -0.05) is 30.3 Å². The van der Waals surface area contributed by atoms with Crippen LogP contribution in [0.25, 0.3) is 0 Å². The Morgan fingerprint density at radius 2 is 1.95 bits per heavy atom. The highest BCUT2D eigenvalue weighted by molar-refractivity contribution is 5.77. The van der Waals surface area contributed by atoms with E-state index in [-0.39, 0.29) is 13.0 Å². The number of amides is 1. The third kappa shape index (κ3) is 4.89. The highest BCUT2D eigenvalue weighted by Crippen LogP contribution is 2.08. The number of esters is 1. The summed E-state index contributed by atoms with van der Waals surface area (Å²) in [4.78, 5) is 22.9. The zero-order valence-corrected chi connectivity index (χ0v) is 11.5. The molecule has 0 heterocycles. The number of aliphatic hydroxyl groups excluding tert-OH is 1. The van der Waals surface area contributed by atoms with Crippen molar-refractivity contribution in [3.63, 3.8) is 0 Å². The minimum atomic E-state index is -1.45. The smallest absolute Gasteiger partial charge is 0.407 e. The number of nitrogens with one attached hydrogen (secondary N) is 1. The second-order valence-corrected chi connectivity index (χ2v) is 4.13. The van der Waals surface area contributed by atoms with Gasteiger partial charge in [-0.3, -0.25) is 0 Å². The Morgan fingerprint density at radius 3 is 2.50 bits per heavy atom. The molecule has 0 saturated heterocycles. The molecule has 1 aromatic rings. The summed E-state index contributed by atoms with van der Waals surface area (Å²) in [6.07, 6.45) is -1.85. The number of ether oxygens (including phenoxy) is 2. The second-order valence-electron chi connectivity index (χ2n) is 4.13. The Balaban J connectivity index is 2.78. The van der Waals surface area contributed by atoms with E-state index in [2.05, 4.69) is 10.1 Å². The summed E-state index contributed by atoms with van der Waals surface area (Å²) in [5, 5.41) is 12.4. The van der Waals surface area contributed by atoms with Crippen LogP contribution in [-0.4, -0.2) is 43.0 Å². The minimum absolute atomic E-state index is 0.207. The van der Waals surface area contributed by atoms with Crippen molar-refractivity contribution in [3.8, 4) is 0 Å². The molecule has 0 radical (unpaired) electrons. The lowest BCUT2D eigenvalue weighted by Crippen LogP contribution is -2.48. The Hall–Kier alpha value is -2.08. The number of carbonyl (C=O) groups excluding carboxylic acids is 2. The summed E-state index contributed by atoms with van der Waals surface area (Å²) >= 11 is 0. The van der Waals surface area contributed by atoms with Gasteiger partial charge in [-0.15, -0.1) is 0 Å². The molecule has 0 aliphatic rings. The van der Waals surface area contributed by atoms with Gasteiger partial charge >= 0.3 is 12.1 Å². The topological polar surface area (TPSA) is 84.9 Å². The molecule has 0 aromatic heterocycles. The van der Waals surface area contributed by atoms with Gasteiger partial charge in [0.15, 0.2) is 6.10 Å². The number of benzene rings is 1. The van der Waals surface area contributed by atoms with Crippen LogP contribution in [0.5, 0.6) is 0 Å². The molecule has 6 heteroatoms. The minimum Gasteiger partial charge on any atom is -0.467 e. The van der Waals surface area contributed by atoms with Gasteiger partial charge in [0.25, 0.3) is 0 Å². The van der Waals surface area contributed by atoms with Crippen LogP contribution in [0.15, 0.2) is 30.3 Å². The number of aliphatic hydroxyl groups is 1. The molecule has 20 heavy (non-hydrogen) atoms. The molecule has 0 spiro atoms. The molecular formula is C14H19NO5. The van der Waals surface area contributed by atoms with Crippen LogP contribution in [0.3, 0.4) is 0 Å². The Kier molecular flexibility index (Phi) is 6.52. The van der Waals surface area contributed by atoms with Gasteiger partial charge in [0.1, 0.15) is 0 Å². The third-order valence-electron chi connectivity index (χ3n) is 2.70. The first-order valence-electron chi connectivity index (χ1n) is 6.31. The van der Waals surface area contributed by atoms with E-state index in [9.17, 15) is 14.7 Å². The monoisotopic (exact) mass is 281 g/mol. The second kappa shape index (κ2) is 8.16. The first-order valence-corrected chi connectivity index (χ1v) is 6.31. The lowest BCUT2D eigenvalue weighted by Gasteiger charge is -2.22. The van der Waals surface area contributed by atoms with Crippen LogP contribution < -0.4 is 5.32 Å². The molecule has 0 saturated carbocycles. The van der Waals surface area contributed by atoms with Crippen LogP contribution in [0.1, 0.15) is 12.5 Å². The molecule has 0 bridgehead atoms. The summed E-state index contributed by atoms with van der Waals surface area (Å²) < 4.78 is 9.25. The molecule has 1 rings (SSSR count). The maximum atomic E-state index is 11.5. The largest absolute Gasteiger partial charge is 0.467 e. The van der Waals surface area contributed by atoms with Gasteiger partial charge in [0, 0.05) is 0 Å². The molecule has 6 nitrogen and oxygen atoms in total. The summed E-state index contributed by atoms with van der Waals surface area (Å²) in [7, 11) is 1.18. The van der Waals surface area contributed by atoms with Crippen molar-refractivity contribution in [3.05, 3.63) is 35.9 Å². The predicted octanol–water partition coefficient (Wildman–Crippen LogP) is 0.878. The summed E-state index contributed by atoms with van der Waals surface area (Å²) in [6.45, 7) is 1.88. The van der Waals surface area contributed by atoms with E-state index < -0.39 is 24.2 Å². The standard InChI is InChI=1S/C14H19NO5/c1-3-20-14(18)15-11(12(16)13(17)19-2)9-10-7-5-4-6-8-10/h4-8,11-12,16H,3,9H2,1-2H3,(H,15,18)/t11-,12-/m0/s1. The predicted molar refractivity (Wildman–Crippen MR) is 72.1 cm³/mol. The van der Waals surface area contributed by atoms with Crippen LogP contribution in [0.4, 0.5) is 4.79 Å². The Morgan fingerprint density at radius 1 is 1.30 bits per heavy atom. The van der Waals surface area contributed by atoms with Gasteiger partial charge in [-0.25, -0.2) is 9.59 Å². The fourth-order valence-corrected chi connectivity index (χ4v) is 1.72. The van der Waals surface area contributed by atoms with Gasteiger partial charge in [0.2, 0.25) is 0 Å². The summed E-state index contributed by atoms with van der Waals surface area (Å²) in [5.41, 5.74) is 0.872. The van der Waals surface area contributed by atoms with E-state index in [1.165, 1.54) is 7.11 Å². The van der Waals surface area contributed by atoms with Gasteiger partial charge in [0.05, 0.1) is 19.8 Å². The lowest BCUT2D eigenvalue weighted by molar-refractivity contribution is -0.151. The zero-order chi connectivity index (χ0) is 15.0. The molecule has 0 unspecified atom stereocenters. The number of hydrogen-bond acceptors (Lipinski definition) is 5. The van der Waals surface area contributed by atoms with Crippen molar-refractivity contribution >= 4 is 12.1 Å². The van der Waals surface area contributed by atoms with Crippen LogP contribution in [0, 0.1) is 0 Å². The van der Waals surface area contributed by atoms with E-state index in [0.29, 0.717) is 0 Å². The number of rotatable bonds is 6. The average molecular weight is 281 g/mol. The molecule has 0 fully saturated rings. The van der Waals surface area contributed by atoms with Gasteiger partial charge in [-0.2, -0.15) is 0 Å². The molecule has 110 valence electrons. The third-order valence-corrected chi connectivity index (χ3v) is 2.70. The maximum absolute atomic E-state index is 11.5. The van der Waals surface area contributed by atoms with E-state index >= 15 is 0 Å². The number of hydrogen-bond donors (Lipinski definition) is 2. The van der Waals surface area contributed by atoms with Gasteiger partial charge < -0.3 is 19.9 Å². The summed E-state index contributed by atoms with van der Waals surface area (Å²) in [6, 6.07) is 8.38. The van der Waals surface area contributed by atoms with Crippen LogP contribution in [-0.2, 0) is 20.7 Å². The number of carbonyl (C=O) groups is 2. The highest BCUT2D eigenvalue weighted by atomic mass is 16.6. The van der Waals surface area contributed by atoms with Crippen molar-refractivity contribution in [1.82, 2.24) is 5.32 Å². The Bertz CT molecular complexity index is 434. The average Bonchev–Trinajstić information content (AvgIpc) is 2.46. The maximum Gasteiger partial charge on any atom is 0.407 e. The molecule has 1 aromatic carbocycles. The van der Waals surface area contributed by atoms with E-state index in [1.54, 1.807) is 6.92 Å². The molecular weight excluding hydrogens is 262 g/mol. The fourth-order valence-electron chi connectivity index (χ4n) is 1.72. The van der Waals surface area contributed by atoms with Crippen molar-refractivity contribution in [2.45, 2.75) is 25.5 Å². The van der Waals surface area contributed by atoms with E-state index in [4.69, 9.17) is 4.74 Å². The summed E-state index contributed by atoms with van der Waals surface area (Å²) in [5.74, 6) is -0.803. The molecule has 2 atom stereocenters. The van der Waals surface area contributed by atoms with Crippen LogP contribution in [0.2, 0.25) is 0 Å². The van der Waals surface area contributed by atoms with E-state index in [1.807, 2.05) is 30.3 Å². The van der Waals surface area contributed by atoms with Crippen molar-refractivity contribution in [1.29, 1.82) is 0 Å². The number of alkyl carbamates (subject to hydrolysis) is 1. The first kappa shape index (κ1) is 16.0. The fraction of sp³-hybridized carbons (Fsp3) is 0.429.